The summed E-state index contributed by atoms with van der Waals surface area (Å²) in [6, 6.07) is 8.20. The summed E-state index contributed by atoms with van der Waals surface area (Å²) in [7, 11) is 0. The number of allylic oxidation sites excluding steroid dienone is 2. The van der Waals surface area contributed by atoms with Gasteiger partial charge in [-0.05, 0) is 58.1 Å². The molecule has 0 saturated carbocycles. The van der Waals surface area contributed by atoms with E-state index in [1.165, 1.54) is 18.4 Å². The van der Waals surface area contributed by atoms with Crippen molar-refractivity contribution in [2.45, 2.75) is 53.5 Å². The van der Waals surface area contributed by atoms with Crippen LogP contribution in [-0.2, 0) is 6.54 Å². The second-order valence-corrected chi connectivity index (χ2v) is 6.65. The van der Waals surface area contributed by atoms with E-state index in [0.717, 1.165) is 30.0 Å². The molecule has 1 atom stereocenters. The van der Waals surface area contributed by atoms with Gasteiger partial charge >= 0.3 is 0 Å². The smallest absolute Gasteiger partial charge is 0.128 e. The number of aromatic nitrogens is 2. The second kappa shape index (κ2) is 9.31. The Morgan fingerprint density at radius 1 is 1.25 bits per heavy atom. The number of hydrogen-bond acceptors (Lipinski definition) is 2. The largest absolute Gasteiger partial charge is 0.493 e. The van der Waals surface area contributed by atoms with Gasteiger partial charge in [-0.15, -0.1) is 0 Å². The van der Waals surface area contributed by atoms with Crippen molar-refractivity contribution < 1.29 is 4.74 Å². The van der Waals surface area contributed by atoms with Gasteiger partial charge in [0.25, 0.3) is 0 Å². The van der Waals surface area contributed by atoms with Crippen molar-refractivity contribution in [2.75, 3.05) is 6.61 Å². The van der Waals surface area contributed by atoms with Crippen molar-refractivity contribution in [3.05, 3.63) is 48.4 Å². The lowest BCUT2D eigenvalue weighted by Gasteiger charge is -2.15. The maximum Gasteiger partial charge on any atom is 0.128 e. The highest BCUT2D eigenvalue weighted by Crippen LogP contribution is 2.30. The number of benzene rings is 1. The molecule has 0 bridgehead atoms. The quantitative estimate of drug-likeness (QED) is 0.551. The van der Waals surface area contributed by atoms with Crippen LogP contribution in [0.5, 0.6) is 5.75 Å². The normalized spacial score (nSPS) is 12.0. The summed E-state index contributed by atoms with van der Waals surface area (Å²) in [6.07, 6.45) is 9.78. The summed E-state index contributed by atoms with van der Waals surface area (Å²) in [6.45, 7) is 10.3. The predicted molar refractivity (Wildman–Crippen MR) is 101 cm³/mol. The lowest BCUT2D eigenvalue weighted by Crippen LogP contribution is -2.05. The van der Waals surface area contributed by atoms with E-state index in [0.29, 0.717) is 12.5 Å². The molecule has 1 unspecified atom stereocenters. The maximum atomic E-state index is 5.77. The van der Waals surface area contributed by atoms with Gasteiger partial charge < -0.3 is 9.30 Å². The van der Waals surface area contributed by atoms with Gasteiger partial charge in [0.1, 0.15) is 5.75 Å². The maximum absolute atomic E-state index is 5.77. The monoisotopic (exact) mass is 326 g/mol. The van der Waals surface area contributed by atoms with E-state index in [2.05, 4.69) is 48.5 Å². The molecule has 3 nitrogen and oxygen atoms in total. The predicted octanol–water partition coefficient (Wildman–Crippen LogP) is 5.72. The van der Waals surface area contributed by atoms with Crippen LogP contribution in [0.25, 0.3) is 11.3 Å². The van der Waals surface area contributed by atoms with Gasteiger partial charge in [-0.1, -0.05) is 30.7 Å². The second-order valence-electron chi connectivity index (χ2n) is 6.65. The molecule has 1 aromatic heterocycles. The van der Waals surface area contributed by atoms with Crippen LogP contribution in [0, 0.1) is 5.92 Å². The Morgan fingerprint density at radius 3 is 2.79 bits per heavy atom. The molecule has 2 rings (SSSR count). The summed E-state index contributed by atoms with van der Waals surface area (Å²) in [5, 5.41) is 0. The molecule has 0 radical (unpaired) electrons. The zero-order chi connectivity index (χ0) is 17.4. The molecule has 130 valence electrons. The van der Waals surface area contributed by atoms with Gasteiger partial charge in [0.15, 0.2) is 0 Å². The average molecular weight is 326 g/mol. The van der Waals surface area contributed by atoms with Gasteiger partial charge in [0, 0.05) is 12.1 Å². The minimum absolute atomic E-state index is 0.673. The first-order chi connectivity index (χ1) is 11.6. The zero-order valence-corrected chi connectivity index (χ0v) is 15.5. The van der Waals surface area contributed by atoms with Crippen LogP contribution in [0.3, 0.4) is 0 Å². The minimum Gasteiger partial charge on any atom is -0.493 e. The molecular weight excluding hydrogens is 296 g/mol. The number of rotatable bonds is 9. The first-order valence-electron chi connectivity index (χ1n) is 8.97. The molecule has 2 aromatic rings. The molecule has 0 N–H and O–H groups in total. The van der Waals surface area contributed by atoms with Gasteiger partial charge in [0.05, 0.1) is 24.8 Å². The van der Waals surface area contributed by atoms with Gasteiger partial charge in [-0.3, -0.25) is 0 Å². The number of ether oxygens (including phenoxy) is 1. The first kappa shape index (κ1) is 18.3. The lowest BCUT2D eigenvalue weighted by atomic mass is 10.0. The zero-order valence-electron chi connectivity index (χ0n) is 15.5. The van der Waals surface area contributed by atoms with Gasteiger partial charge in [0.2, 0.25) is 0 Å². The van der Waals surface area contributed by atoms with Crippen LogP contribution >= 0.6 is 0 Å². The van der Waals surface area contributed by atoms with Crippen LogP contribution in [0.2, 0.25) is 0 Å². The average Bonchev–Trinajstić information content (AvgIpc) is 3.02. The highest BCUT2D eigenvalue weighted by atomic mass is 16.5. The molecule has 1 aromatic carbocycles. The van der Waals surface area contributed by atoms with E-state index >= 15 is 0 Å². The molecule has 24 heavy (non-hydrogen) atoms. The van der Waals surface area contributed by atoms with Crippen LogP contribution in [0.1, 0.15) is 47.0 Å². The van der Waals surface area contributed by atoms with E-state index < -0.39 is 0 Å². The summed E-state index contributed by atoms with van der Waals surface area (Å²) in [5.41, 5.74) is 3.66. The van der Waals surface area contributed by atoms with Crippen molar-refractivity contribution >= 4 is 0 Å². The third kappa shape index (κ3) is 5.26. The summed E-state index contributed by atoms with van der Waals surface area (Å²) >= 11 is 0. The fourth-order valence-corrected chi connectivity index (χ4v) is 2.84. The van der Waals surface area contributed by atoms with Crippen LogP contribution in [-0.4, -0.2) is 16.2 Å². The number of nitrogens with zero attached hydrogens (tertiary/aromatic N) is 2. The topological polar surface area (TPSA) is 27.1 Å². The molecule has 0 aliphatic carbocycles. The van der Waals surface area contributed by atoms with Crippen molar-refractivity contribution in [1.82, 2.24) is 9.55 Å². The van der Waals surface area contributed by atoms with E-state index in [1.54, 1.807) is 0 Å². The van der Waals surface area contributed by atoms with Crippen molar-refractivity contribution in [2.24, 2.45) is 5.92 Å². The number of para-hydroxylation sites is 1. The molecule has 0 aliphatic heterocycles. The minimum atomic E-state index is 0.673. The Balaban J connectivity index is 2.02. The van der Waals surface area contributed by atoms with Crippen molar-refractivity contribution in [3.8, 4) is 17.0 Å². The highest BCUT2D eigenvalue weighted by Gasteiger charge is 2.11. The molecule has 0 fully saturated rings. The molecule has 3 heteroatoms. The number of aryl methyl sites for hydroxylation is 1. The molecule has 0 spiro atoms. The van der Waals surface area contributed by atoms with Crippen LogP contribution < -0.4 is 4.74 Å². The van der Waals surface area contributed by atoms with Gasteiger partial charge in [-0.25, -0.2) is 4.98 Å². The molecule has 0 aliphatic rings. The Hall–Kier alpha value is -2.03. The fraction of sp³-hybridized carbons (Fsp3) is 0.476. The molecule has 1 heterocycles. The highest BCUT2D eigenvalue weighted by molar-refractivity contribution is 5.67. The number of imidazole rings is 1. The standard InChI is InChI=1S/C21H30N2O/c1-5-24-21-12-7-6-11-19(21)20-15-22-16-23(20)14-13-18(4)10-8-9-17(2)3/h6-7,9,11-12,15-16,18H,5,8,10,13-14H2,1-4H3. The van der Waals surface area contributed by atoms with Crippen LogP contribution in [0.15, 0.2) is 48.4 Å². The fourth-order valence-electron chi connectivity index (χ4n) is 2.84. The molecular formula is C21H30N2O. The van der Waals surface area contributed by atoms with Crippen molar-refractivity contribution in [1.29, 1.82) is 0 Å². The van der Waals surface area contributed by atoms with Crippen molar-refractivity contribution in [3.63, 3.8) is 0 Å². The molecule has 0 saturated heterocycles. The van der Waals surface area contributed by atoms with E-state index in [4.69, 9.17) is 4.74 Å². The Kier molecular flexibility index (Phi) is 7.10. The van der Waals surface area contributed by atoms with Crippen LogP contribution in [0.4, 0.5) is 0 Å². The molecule has 0 amide bonds. The Morgan fingerprint density at radius 2 is 2.04 bits per heavy atom. The first-order valence-corrected chi connectivity index (χ1v) is 8.97. The SMILES string of the molecule is CCOc1ccccc1-c1cncn1CCC(C)CCC=C(C)C. The van der Waals surface area contributed by atoms with Gasteiger partial charge in [-0.2, -0.15) is 0 Å². The summed E-state index contributed by atoms with van der Waals surface area (Å²) in [5.74, 6) is 1.64. The third-order valence-corrected chi connectivity index (χ3v) is 4.25. The Bertz CT molecular complexity index is 653. The van der Waals surface area contributed by atoms with E-state index in [9.17, 15) is 0 Å². The third-order valence-electron chi connectivity index (χ3n) is 4.25. The van der Waals surface area contributed by atoms with E-state index in [-0.39, 0.29) is 0 Å². The number of hydrogen-bond donors (Lipinski definition) is 0. The Labute approximate surface area is 146 Å². The summed E-state index contributed by atoms with van der Waals surface area (Å²) < 4.78 is 8.01. The summed E-state index contributed by atoms with van der Waals surface area (Å²) in [4.78, 5) is 4.36. The van der Waals surface area contributed by atoms with E-state index in [1.807, 2.05) is 31.6 Å². The lowest BCUT2D eigenvalue weighted by molar-refractivity contribution is 0.341.